The third-order valence-corrected chi connectivity index (χ3v) is 4.06. The van der Waals surface area contributed by atoms with Crippen LogP contribution < -0.4 is 0 Å². The van der Waals surface area contributed by atoms with Gasteiger partial charge >= 0.3 is 0 Å². The molecule has 0 radical (unpaired) electrons. The van der Waals surface area contributed by atoms with E-state index in [1.807, 2.05) is 0 Å². The van der Waals surface area contributed by atoms with Gasteiger partial charge in [0.15, 0.2) is 6.10 Å². The number of rotatable bonds is 4. The molecule has 1 amide bonds. The van der Waals surface area contributed by atoms with Crippen LogP contribution in [0.4, 0.5) is 0 Å². The second-order valence-electron chi connectivity index (χ2n) is 5.55. The maximum atomic E-state index is 12.1. The van der Waals surface area contributed by atoms with E-state index in [-0.39, 0.29) is 12.0 Å². The quantitative estimate of drug-likeness (QED) is 0.682. The highest BCUT2D eigenvalue weighted by Gasteiger charge is 2.41. The summed E-state index contributed by atoms with van der Waals surface area (Å²) in [6.07, 6.45) is 9.10. The fourth-order valence-corrected chi connectivity index (χ4v) is 2.83. The van der Waals surface area contributed by atoms with Crippen molar-refractivity contribution in [1.29, 1.82) is 0 Å². The van der Waals surface area contributed by atoms with Crippen LogP contribution in [-0.2, 0) is 9.53 Å². The number of carbonyl (C=O) groups excluding carboxylic acids is 1. The van der Waals surface area contributed by atoms with Gasteiger partial charge in [0.1, 0.15) is 0 Å². The summed E-state index contributed by atoms with van der Waals surface area (Å²) in [5, 5.41) is 0. The Morgan fingerprint density at radius 3 is 2.38 bits per heavy atom. The van der Waals surface area contributed by atoms with E-state index in [0.717, 1.165) is 12.5 Å². The highest BCUT2D eigenvalue weighted by molar-refractivity contribution is 5.83. The van der Waals surface area contributed by atoms with Crippen molar-refractivity contribution in [3.63, 3.8) is 0 Å². The third-order valence-electron chi connectivity index (χ3n) is 4.06. The van der Waals surface area contributed by atoms with Gasteiger partial charge in [-0.2, -0.15) is 0 Å². The van der Waals surface area contributed by atoms with Crippen molar-refractivity contribution < 1.29 is 9.53 Å². The summed E-state index contributed by atoms with van der Waals surface area (Å²) in [6, 6.07) is 0.554. The van der Waals surface area contributed by atoms with Gasteiger partial charge in [0, 0.05) is 12.6 Å². The Morgan fingerprint density at radius 1 is 1.12 bits per heavy atom. The van der Waals surface area contributed by atoms with Crippen molar-refractivity contribution in [2.45, 2.75) is 57.1 Å². The van der Waals surface area contributed by atoms with Gasteiger partial charge in [-0.25, -0.2) is 0 Å². The molecule has 3 fully saturated rings. The monoisotopic (exact) mass is 223 g/mol. The first-order valence-corrected chi connectivity index (χ1v) is 6.76. The van der Waals surface area contributed by atoms with Gasteiger partial charge < -0.3 is 9.64 Å². The molecule has 3 nitrogen and oxygen atoms in total. The first kappa shape index (κ1) is 10.6. The number of nitrogens with zero attached hydrogens (tertiary/aromatic N) is 1. The highest BCUT2D eigenvalue weighted by Crippen LogP contribution is 2.33. The Bertz CT molecular complexity index is 265. The number of hydrogen-bond acceptors (Lipinski definition) is 2. The summed E-state index contributed by atoms with van der Waals surface area (Å²) in [6.45, 7) is 1.66. The van der Waals surface area contributed by atoms with Crippen molar-refractivity contribution in [3.8, 4) is 0 Å². The third kappa shape index (κ3) is 2.40. The molecule has 0 bridgehead atoms. The van der Waals surface area contributed by atoms with Crippen molar-refractivity contribution in [2.75, 3.05) is 13.2 Å². The average Bonchev–Trinajstić information content (AvgIpc) is 3.19. The van der Waals surface area contributed by atoms with E-state index in [2.05, 4.69) is 4.90 Å². The van der Waals surface area contributed by atoms with Crippen LogP contribution in [0.25, 0.3) is 0 Å². The molecule has 1 saturated heterocycles. The summed E-state index contributed by atoms with van der Waals surface area (Å²) in [5.41, 5.74) is 0. The molecule has 2 saturated carbocycles. The molecule has 16 heavy (non-hydrogen) atoms. The lowest BCUT2D eigenvalue weighted by molar-refractivity contribution is -0.133. The number of carbonyl (C=O) groups is 1. The molecule has 2 aliphatic carbocycles. The lowest BCUT2D eigenvalue weighted by Crippen LogP contribution is -2.40. The van der Waals surface area contributed by atoms with Crippen LogP contribution in [0.5, 0.6) is 0 Å². The zero-order valence-electron chi connectivity index (χ0n) is 9.86. The van der Waals surface area contributed by atoms with Crippen molar-refractivity contribution >= 4 is 5.91 Å². The largest absolute Gasteiger partial charge is 0.363 e. The van der Waals surface area contributed by atoms with E-state index < -0.39 is 0 Å². The Morgan fingerprint density at radius 2 is 1.81 bits per heavy atom. The van der Waals surface area contributed by atoms with Crippen LogP contribution in [0.15, 0.2) is 0 Å². The summed E-state index contributed by atoms with van der Waals surface area (Å²) >= 11 is 0. The maximum absolute atomic E-state index is 12.1. The van der Waals surface area contributed by atoms with Crippen molar-refractivity contribution in [2.24, 2.45) is 5.92 Å². The van der Waals surface area contributed by atoms with E-state index in [0.29, 0.717) is 12.6 Å². The van der Waals surface area contributed by atoms with Crippen LogP contribution in [0.2, 0.25) is 0 Å². The number of epoxide rings is 1. The van der Waals surface area contributed by atoms with Gasteiger partial charge in [-0.3, -0.25) is 4.79 Å². The molecule has 1 atom stereocenters. The predicted octanol–water partition coefficient (Wildman–Crippen LogP) is 1.96. The maximum Gasteiger partial charge on any atom is 0.254 e. The molecule has 1 unspecified atom stereocenters. The van der Waals surface area contributed by atoms with E-state index in [1.54, 1.807) is 0 Å². The van der Waals surface area contributed by atoms with Crippen LogP contribution >= 0.6 is 0 Å². The molecular formula is C13H21NO2. The van der Waals surface area contributed by atoms with Gasteiger partial charge in [0.05, 0.1) is 6.61 Å². The number of ether oxygens (including phenoxy) is 1. The van der Waals surface area contributed by atoms with Crippen LogP contribution in [0.3, 0.4) is 0 Å². The molecule has 0 N–H and O–H groups in total. The normalized spacial score (nSPS) is 30.1. The van der Waals surface area contributed by atoms with Gasteiger partial charge in [-0.15, -0.1) is 0 Å². The Balaban J connectivity index is 1.57. The predicted molar refractivity (Wildman–Crippen MR) is 61.1 cm³/mol. The topological polar surface area (TPSA) is 32.8 Å². The van der Waals surface area contributed by atoms with Gasteiger partial charge in [-0.05, 0) is 31.6 Å². The van der Waals surface area contributed by atoms with Crippen LogP contribution in [0, 0.1) is 5.92 Å². The molecule has 0 aromatic carbocycles. The van der Waals surface area contributed by atoms with Crippen molar-refractivity contribution in [1.82, 2.24) is 4.90 Å². The summed E-state index contributed by atoms with van der Waals surface area (Å²) in [4.78, 5) is 14.2. The second-order valence-corrected chi connectivity index (χ2v) is 5.55. The van der Waals surface area contributed by atoms with E-state index >= 15 is 0 Å². The highest BCUT2D eigenvalue weighted by atomic mass is 16.6. The average molecular weight is 223 g/mol. The molecule has 3 heteroatoms. The standard InChI is InChI=1S/C13H21NO2/c15-13(12-9-16-12)14(11-6-7-11)8-10-4-2-1-3-5-10/h10-12H,1-9H2. The van der Waals surface area contributed by atoms with Crippen LogP contribution in [0.1, 0.15) is 44.9 Å². The van der Waals surface area contributed by atoms with Gasteiger partial charge in [0.2, 0.25) is 0 Å². The zero-order valence-corrected chi connectivity index (χ0v) is 9.86. The summed E-state index contributed by atoms with van der Waals surface area (Å²) in [5.74, 6) is 1.03. The fraction of sp³-hybridized carbons (Fsp3) is 0.923. The minimum absolute atomic E-state index is 0.0795. The number of amides is 1. The first-order valence-electron chi connectivity index (χ1n) is 6.76. The van der Waals surface area contributed by atoms with E-state index in [1.165, 1.54) is 44.9 Å². The molecule has 0 aromatic heterocycles. The van der Waals surface area contributed by atoms with Crippen molar-refractivity contribution in [3.05, 3.63) is 0 Å². The molecular weight excluding hydrogens is 202 g/mol. The SMILES string of the molecule is O=C(C1CO1)N(CC1CCCCC1)C1CC1. The number of hydrogen-bond donors (Lipinski definition) is 0. The molecule has 1 heterocycles. The molecule has 90 valence electrons. The van der Waals surface area contributed by atoms with E-state index in [9.17, 15) is 4.79 Å². The minimum Gasteiger partial charge on any atom is -0.363 e. The smallest absolute Gasteiger partial charge is 0.254 e. The van der Waals surface area contributed by atoms with Gasteiger partial charge in [0.25, 0.3) is 5.91 Å². The lowest BCUT2D eigenvalue weighted by Gasteiger charge is -2.29. The summed E-state index contributed by atoms with van der Waals surface area (Å²) < 4.78 is 5.13. The summed E-state index contributed by atoms with van der Waals surface area (Å²) in [7, 11) is 0. The second kappa shape index (κ2) is 4.36. The Labute approximate surface area is 97.1 Å². The minimum atomic E-state index is -0.0795. The molecule has 3 rings (SSSR count). The Kier molecular flexibility index (Phi) is 2.88. The fourth-order valence-electron chi connectivity index (χ4n) is 2.83. The molecule has 0 spiro atoms. The Hall–Kier alpha value is -0.570. The molecule has 0 aromatic rings. The van der Waals surface area contributed by atoms with Gasteiger partial charge in [-0.1, -0.05) is 19.3 Å². The lowest BCUT2D eigenvalue weighted by atomic mass is 9.89. The molecule has 3 aliphatic rings. The van der Waals surface area contributed by atoms with E-state index in [4.69, 9.17) is 4.74 Å². The zero-order chi connectivity index (χ0) is 11.0. The van der Waals surface area contributed by atoms with Crippen LogP contribution in [-0.4, -0.2) is 36.1 Å². The molecule has 1 aliphatic heterocycles. The first-order chi connectivity index (χ1) is 7.84.